The maximum Gasteiger partial charge on any atom is 0.337 e. The van der Waals surface area contributed by atoms with Gasteiger partial charge in [-0.05, 0) is 43.0 Å². The van der Waals surface area contributed by atoms with Gasteiger partial charge in [-0.2, -0.15) is 0 Å². The molecule has 0 amide bonds. The van der Waals surface area contributed by atoms with Gasteiger partial charge in [0.15, 0.2) is 0 Å². The van der Waals surface area contributed by atoms with Crippen LogP contribution in [-0.4, -0.2) is 28.7 Å². The van der Waals surface area contributed by atoms with Crippen molar-refractivity contribution in [3.8, 4) is 11.8 Å². The zero-order valence-electron chi connectivity index (χ0n) is 13.5. The Morgan fingerprint density at radius 3 is 2.39 bits per heavy atom. The van der Waals surface area contributed by atoms with Gasteiger partial charge >= 0.3 is 5.97 Å². The van der Waals surface area contributed by atoms with E-state index in [0.717, 1.165) is 11.5 Å². The summed E-state index contributed by atoms with van der Waals surface area (Å²) in [4.78, 5) is 11.5. The second kappa shape index (κ2) is 7.68. The molecule has 0 aromatic heterocycles. The van der Waals surface area contributed by atoms with E-state index >= 15 is 0 Å². The lowest BCUT2D eigenvalue weighted by Gasteiger charge is -2.34. The van der Waals surface area contributed by atoms with Crippen LogP contribution < -0.4 is 0 Å². The van der Waals surface area contributed by atoms with Crippen LogP contribution in [0.3, 0.4) is 0 Å². The fraction of sp³-hybridized carbons (Fsp3) is 0.526. The van der Waals surface area contributed by atoms with Gasteiger partial charge in [0.05, 0.1) is 12.7 Å². The van der Waals surface area contributed by atoms with Crippen LogP contribution in [0.5, 0.6) is 0 Å². The van der Waals surface area contributed by atoms with Crippen LogP contribution in [0, 0.1) is 17.8 Å². The maximum absolute atomic E-state index is 11.5. The summed E-state index contributed by atoms with van der Waals surface area (Å²) < 4.78 is 4.82. The molecule has 0 spiro atoms. The molecule has 1 heterocycles. The lowest BCUT2D eigenvalue weighted by Crippen LogP contribution is -2.29. The average Bonchev–Trinajstić information content (AvgIpc) is 3.11. The van der Waals surface area contributed by atoms with Gasteiger partial charge in [0.1, 0.15) is 4.08 Å². The normalized spacial score (nSPS) is 20.6. The minimum atomic E-state index is -0.301. The van der Waals surface area contributed by atoms with Gasteiger partial charge in [0, 0.05) is 17.1 Å². The molecule has 1 aliphatic heterocycles. The Labute approximate surface area is 147 Å². The van der Waals surface area contributed by atoms with E-state index in [1.165, 1.54) is 50.7 Å². The monoisotopic (exact) mass is 346 g/mol. The molecule has 1 aliphatic carbocycles. The highest BCUT2D eigenvalue weighted by atomic mass is 32.2. The molecular formula is C19H22O2S2. The number of carbonyl (C=O) groups excluding carboxylic acids is 1. The van der Waals surface area contributed by atoms with Gasteiger partial charge in [0.2, 0.25) is 0 Å². The van der Waals surface area contributed by atoms with Crippen molar-refractivity contribution in [1.29, 1.82) is 0 Å². The van der Waals surface area contributed by atoms with Crippen molar-refractivity contribution in [2.24, 2.45) is 5.92 Å². The van der Waals surface area contributed by atoms with Gasteiger partial charge < -0.3 is 4.74 Å². The first kappa shape index (κ1) is 16.8. The van der Waals surface area contributed by atoms with Crippen LogP contribution in [0.1, 0.15) is 48.0 Å². The molecule has 23 heavy (non-hydrogen) atoms. The van der Waals surface area contributed by atoms with Gasteiger partial charge in [-0.1, -0.05) is 31.1 Å². The molecule has 4 heteroatoms. The summed E-state index contributed by atoms with van der Waals surface area (Å²) in [5.74, 6) is 9.80. The summed E-state index contributed by atoms with van der Waals surface area (Å²) in [6.45, 7) is 0. The van der Waals surface area contributed by atoms with E-state index in [1.807, 2.05) is 35.7 Å². The Morgan fingerprint density at radius 1 is 1.13 bits per heavy atom. The molecule has 0 bridgehead atoms. The third-order valence-corrected chi connectivity index (χ3v) is 8.06. The average molecular weight is 347 g/mol. The van der Waals surface area contributed by atoms with Crippen molar-refractivity contribution >= 4 is 29.5 Å². The Kier molecular flexibility index (Phi) is 5.61. The molecule has 122 valence electrons. The number of rotatable bonds is 2. The smallest absolute Gasteiger partial charge is 0.337 e. The van der Waals surface area contributed by atoms with Crippen molar-refractivity contribution in [3.63, 3.8) is 0 Å². The number of methoxy groups -OCH3 is 1. The van der Waals surface area contributed by atoms with Crippen LogP contribution in [0.25, 0.3) is 0 Å². The Hall–Kier alpha value is -1.05. The number of esters is 1. The molecular weight excluding hydrogens is 324 g/mol. The van der Waals surface area contributed by atoms with Crippen LogP contribution in [0.4, 0.5) is 0 Å². The molecule has 1 aromatic carbocycles. The van der Waals surface area contributed by atoms with Crippen molar-refractivity contribution in [2.45, 2.75) is 36.2 Å². The van der Waals surface area contributed by atoms with E-state index in [0.29, 0.717) is 5.56 Å². The third kappa shape index (κ3) is 3.89. The predicted molar refractivity (Wildman–Crippen MR) is 98.9 cm³/mol. The van der Waals surface area contributed by atoms with Crippen molar-refractivity contribution in [1.82, 2.24) is 0 Å². The number of ether oxygens (including phenoxy) is 1. The van der Waals surface area contributed by atoms with Gasteiger partial charge in [-0.3, -0.25) is 0 Å². The second-order valence-corrected chi connectivity index (χ2v) is 8.96. The summed E-state index contributed by atoms with van der Waals surface area (Å²) in [6, 6.07) is 7.41. The number of hydrogen-bond donors (Lipinski definition) is 0. The van der Waals surface area contributed by atoms with E-state index < -0.39 is 0 Å². The van der Waals surface area contributed by atoms with Crippen molar-refractivity contribution < 1.29 is 9.53 Å². The quantitative estimate of drug-likeness (QED) is 0.578. The van der Waals surface area contributed by atoms with Crippen LogP contribution in [0.2, 0.25) is 0 Å². The van der Waals surface area contributed by atoms with Crippen LogP contribution in [0.15, 0.2) is 24.3 Å². The molecule has 3 rings (SSSR count). The van der Waals surface area contributed by atoms with Gasteiger partial charge in [0.25, 0.3) is 0 Å². The first-order chi connectivity index (χ1) is 11.2. The third-order valence-electron chi connectivity index (χ3n) is 4.55. The molecule has 1 aromatic rings. The molecule has 0 unspecified atom stereocenters. The fourth-order valence-electron chi connectivity index (χ4n) is 3.29. The fourth-order valence-corrected chi connectivity index (χ4v) is 6.58. The molecule has 1 saturated heterocycles. The molecule has 0 radical (unpaired) electrons. The largest absolute Gasteiger partial charge is 0.465 e. The predicted octanol–water partition coefficient (Wildman–Crippen LogP) is 4.58. The highest BCUT2D eigenvalue weighted by molar-refractivity contribution is 8.21. The number of hydrogen-bond acceptors (Lipinski definition) is 4. The summed E-state index contributed by atoms with van der Waals surface area (Å²) in [6.07, 6.45) is 6.71. The lowest BCUT2D eigenvalue weighted by atomic mass is 9.86. The highest BCUT2D eigenvalue weighted by Crippen LogP contribution is 2.52. The van der Waals surface area contributed by atoms with E-state index in [2.05, 4.69) is 11.8 Å². The molecule has 2 fully saturated rings. The maximum atomic E-state index is 11.5. The topological polar surface area (TPSA) is 26.3 Å². The minimum Gasteiger partial charge on any atom is -0.465 e. The minimum absolute atomic E-state index is 0.0848. The van der Waals surface area contributed by atoms with E-state index in [1.54, 1.807) is 12.1 Å². The molecule has 2 aliphatic rings. The van der Waals surface area contributed by atoms with E-state index in [-0.39, 0.29) is 10.0 Å². The van der Waals surface area contributed by atoms with E-state index in [4.69, 9.17) is 4.74 Å². The Morgan fingerprint density at radius 2 is 1.78 bits per heavy atom. The Bertz CT molecular complexity index is 600. The molecule has 0 N–H and O–H groups in total. The Balaban J connectivity index is 1.78. The number of thioether (sulfide) groups is 2. The van der Waals surface area contributed by atoms with Crippen molar-refractivity contribution in [2.75, 3.05) is 18.6 Å². The number of benzene rings is 1. The molecule has 0 atom stereocenters. The van der Waals surface area contributed by atoms with Crippen molar-refractivity contribution in [3.05, 3.63) is 35.4 Å². The SMILES string of the molecule is COC(=O)c1ccc(C#CC2(C3CCCCC3)SCCS2)cc1. The van der Waals surface area contributed by atoms with Gasteiger partial charge in [-0.15, -0.1) is 23.5 Å². The number of carbonyl (C=O) groups is 1. The standard InChI is InChI=1S/C19H22O2S2/c1-21-18(20)16-9-7-15(8-10-16)11-12-19(22-13-14-23-19)17-5-3-2-4-6-17/h7-10,17H,2-6,13-14H2,1H3. The second-order valence-electron chi connectivity index (χ2n) is 6.02. The van der Waals surface area contributed by atoms with Gasteiger partial charge in [-0.25, -0.2) is 4.79 Å². The zero-order valence-corrected chi connectivity index (χ0v) is 15.1. The highest BCUT2D eigenvalue weighted by Gasteiger charge is 2.42. The first-order valence-corrected chi connectivity index (χ1v) is 10.2. The molecule has 2 nitrogen and oxygen atoms in total. The van der Waals surface area contributed by atoms with Crippen LogP contribution in [-0.2, 0) is 4.74 Å². The van der Waals surface area contributed by atoms with E-state index in [9.17, 15) is 4.79 Å². The summed E-state index contributed by atoms with van der Waals surface area (Å²) in [7, 11) is 1.40. The summed E-state index contributed by atoms with van der Waals surface area (Å²) >= 11 is 4.09. The molecule has 1 saturated carbocycles. The lowest BCUT2D eigenvalue weighted by molar-refractivity contribution is 0.0600. The zero-order chi connectivity index (χ0) is 16.1. The summed E-state index contributed by atoms with van der Waals surface area (Å²) in [5.41, 5.74) is 1.55. The summed E-state index contributed by atoms with van der Waals surface area (Å²) in [5, 5.41) is 0. The first-order valence-electron chi connectivity index (χ1n) is 8.23. The van der Waals surface area contributed by atoms with Crippen LogP contribution >= 0.6 is 23.5 Å².